The van der Waals surface area contributed by atoms with Gasteiger partial charge in [-0.15, -0.1) is 0 Å². The molecule has 0 amide bonds. The van der Waals surface area contributed by atoms with Crippen molar-refractivity contribution in [2.24, 2.45) is 5.73 Å². The smallest absolute Gasteiger partial charge is 0.101 e. The third kappa shape index (κ3) is 3.69. The van der Waals surface area contributed by atoms with Gasteiger partial charge in [-0.3, -0.25) is 4.90 Å². The molecule has 0 aromatic heterocycles. The highest BCUT2D eigenvalue weighted by Crippen LogP contribution is 2.20. The lowest BCUT2D eigenvalue weighted by atomic mass is 10.1. The molecule has 2 rings (SSSR count). The van der Waals surface area contributed by atoms with E-state index in [-0.39, 0.29) is 0 Å². The highest BCUT2D eigenvalue weighted by atomic mass is 15.3. The van der Waals surface area contributed by atoms with Crippen molar-refractivity contribution in [2.75, 3.05) is 44.2 Å². The minimum atomic E-state index is 0.777. The first-order valence-electron chi connectivity index (χ1n) is 7.01. The molecule has 102 valence electrons. The Kier molecular flexibility index (Phi) is 5.20. The number of rotatable bonds is 5. The predicted molar refractivity (Wildman–Crippen MR) is 78.1 cm³/mol. The highest BCUT2D eigenvalue weighted by Gasteiger charge is 2.18. The van der Waals surface area contributed by atoms with Crippen molar-refractivity contribution in [3.8, 4) is 6.07 Å². The molecule has 0 atom stereocenters. The van der Waals surface area contributed by atoms with Crippen molar-refractivity contribution in [3.63, 3.8) is 0 Å². The number of benzene rings is 1. The molecule has 0 saturated carbocycles. The van der Waals surface area contributed by atoms with E-state index in [1.165, 1.54) is 6.42 Å². The Morgan fingerprint density at radius 1 is 1.11 bits per heavy atom. The molecule has 0 unspecified atom stereocenters. The average molecular weight is 258 g/mol. The Labute approximate surface area is 115 Å². The molecule has 19 heavy (non-hydrogen) atoms. The van der Waals surface area contributed by atoms with Gasteiger partial charge in [0.25, 0.3) is 0 Å². The molecule has 1 aliphatic heterocycles. The number of unbranched alkanes of at least 4 members (excludes halogenated alkanes) is 1. The van der Waals surface area contributed by atoms with E-state index in [2.05, 4.69) is 15.9 Å². The maximum atomic E-state index is 9.15. The molecule has 0 aliphatic carbocycles. The van der Waals surface area contributed by atoms with Crippen molar-refractivity contribution in [1.29, 1.82) is 5.26 Å². The summed E-state index contributed by atoms with van der Waals surface area (Å²) in [6, 6.07) is 10.1. The molecule has 0 radical (unpaired) electrons. The van der Waals surface area contributed by atoms with Gasteiger partial charge in [0.05, 0.1) is 11.3 Å². The Morgan fingerprint density at radius 2 is 1.84 bits per heavy atom. The maximum Gasteiger partial charge on any atom is 0.101 e. The van der Waals surface area contributed by atoms with Gasteiger partial charge in [0.15, 0.2) is 0 Å². The molecule has 1 fully saturated rings. The van der Waals surface area contributed by atoms with Gasteiger partial charge < -0.3 is 10.6 Å². The minimum Gasteiger partial charge on any atom is -0.368 e. The van der Waals surface area contributed by atoms with Crippen molar-refractivity contribution < 1.29 is 0 Å². The Morgan fingerprint density at radius 3 is 2.53 bits per heavy atom. The molecule has 1 aliphatic rings. The molecule has 1 saturated heterocycles. The van der Waals surface area contributed by atoms with Crippen LogP contribution >= 0.6 is 0 Å². The second kappa shape index (κ2) is 7.13. The van der Waals surface area contributed by atoms with Crippen LogP contribution < -0.4 is 10.6 Å². The van der Waals surface area contributed by atoms with E-state index >= 15 is 0 Å². The van der Waals surface area contributed by atoms with Gasteiger partial charge in [-0.05, 0) is 38.1 Å². The average Bonchev–Trinajstić information content (AvgIpc) is 2.48. The van der Waals surface area contributed by atoms with Crippen molar-refractivity contribution in [3.05, 3.63) is 29.8 Å². The maximum absolute atomic E-state index is 9.15. The second-order valence-electron chi connectivity index (χ2n) is 4.95. The quantitative estimate of drug-likeness (QED) is 0.812. The van der Waals surface area contributed by atoms with E-state index < -0.39 is 0 Å². The monoisotopic (exact) mass is 258 g/mol. The first-order chi connectivity index (χ1) is 9.35. The van der Waals surface area contributed by atoms with Crippen LogP contribution in [0.15, 0.2) is 24.3 Å². The van der Waals surface area contributed by atoms with Gasteiger partial charge in [-0.2, -0.15) is 5.26 Å². The second-order valence-corrected chi connectivity index (χ2v) is 4.95. The molecule has 1 aromatic carbocycles. The lowest BCUT2D eigenvalue weighted by Crippen LogP contribution is -2.46. The summed E-state index contributed by atoms with van der Waals surface area (Å²) < 4.78 is 0. The van der Waals surface area contributed by atoms with Crippen LogP contribution in [0.2, 0.25) is 0 Å². The first kappa shape index (κ1) is 13.9. The summed E-state index contributed by atoms with van der Waals surface area (Å²) in [5.41, 5.74) is 7.37. The summed E-state index contributed by atoms with van der Waals surface area (Å²) in [5, 5.41) is 9.15. The zero-order valence-corrected chi connectivity index (χ0v) is 11.4. The molecule has 2 N–H and O–H groups in total. The number of nitrogens with two attached hydrogens (primary N) is 1. The number of nitriles is 1. The first-order valence-corrected chi connectivity index (χ1v) is 7.01. The fraction of sp³-hybridized carbons (Fsp3) is 0.533. The van der Waals surface area contributed by atoms with Crippen LogP contribution in [0.1, 0.15) is 18.4 Å². The van der Waals surface area contributed by atoms with Crippen LogP contribution in [0.4, 0.5) is 5.69 Å². The van der Waals surface area contributed by atoms with Gasteiger partial charge in [0, 0.05) is 26.2 Å². The van der Waals surface area contributed by atoms with Gasteiger partial charge >= 0.3 is 0 Å². The summed E-state index contributed by atoms with van der Waals surface area (Å²) in [4.78, 5) is 4.80. The van der Waals surface area contributed by atoms with Crippen LogP contribution in [-0.2, 0) is 0 Å². The molecule has 1 aromatic rings. The van der Waals surface area contributed by atoms with Crippen molar-refractivity contribution in [2.45, 2.75) is 12.8 Å². The number of hydrogen-bond acceptors (Lipinski definition) is 4. The van der Waals surface area contributed by atoms with Crippen LogP contribution in [0.25, 0.3) is 0 Å². The Bertz CT molecular complexity index is 430. The van der Waals surface area contributed by atoms with E-state index in [0.29, 0.717) is 0 Å². The summed E-state index contributed by atoms with van der Waals surface area (Å²) in [6.45, 7) is 6.08. The van der Waals surface area contributed by atoms with Crippen LogP contribution in [0.3, 0.4) is 0 Å². The number of piperazine rings is 1. The lowest BCUT2D eigenvalue weighted by Gasteiger charge is -2.36. The van der Waals surface area contributed by atoms with E-state index in [1.807, 2.05) is 24.3 Å². The van der Waals surface area contributed by atoms with Crippen molar-refractivity contribution in [1.82, 2.24) is 4.90 Å². The Hall–Kier alpha value is -1.57. The number of nitrogens with zero attached hydrogens (tertiary/aromatic N) is 3. The van der Waals surface area contributed by atoms with E-state index in [1.54, 1.807) is 0 Å². The number of anilines is 1. The molecular weight excluding hydrogens is 236 g/mol. The molecule has 4 nitrogen and oxygen atoms in total. The van der Waals surface area contributed by atoms with Gasteiger partial charge in [-0.25, -0.2) is 0 Å². The van der Waals surface area contributed by atoms with E-state index in [9.17, 15) is 0 Å². The highest BCUT2D eigenvalue weighted by molar-refractivity contribution is 5.59. The topological polar surface area (TPSA) is 56.3 Å². The Balaban J connectivity index is 1.88. The fourth-order valence-electron chi connectivity index (χ4n) is 2.54. The standard InChI is InChI=1S/C15H22N4/c16-7-3-4-8-18-9-11-19(12-10-18)15-6-2-1-5-14(15)13-17/h1-2,5-6H,3-4,7-12,16H2. The zero-order valence-electron chi connectivity index (χ0n) is 11.4. The van der Waals surface area contributed by atoms with E-state index in [0.717, 1.165) is 56.9 Å². The molecule has 0 bridgehead atoms. The van der Waals surface area contributed by atoms with Crippen molar-refractivity contribution >= 4 is 5.69 Å². The predicted octanol–water partition coefficient (Wildman–Crippen LogP) is 1.42. The van der Waals surface area contributed by atoms with Gasteiger partial charge in [-0.1, -0.05) is 12.1 Å². The molecular formula is C15H22N4. The van der Waals surface area contributed by atoms with Gasteiger partial charge in [0.2, 0.25) is 0 Å². The summed E-state index contributed by atoms with van der Waals surface area (Å²) in [6.07, 6.45) is 2.29. The minimum absolute atomic E-state index is 0.777. The summed E-state index contributed by atoms with van der Waals surface area (Å²) >= 11 is 0. The van der Waals surface area contributed by atoms with Crippen LogP contribution in [0, 0.1) is 11.3 Å². The van der Waals surface area contributed by atoms with E-state index in [4.69, 9.17) is 11.0 Å². The summed E-state index contributed by atoms with van der Waals surface area (Å²) in [7, 11) is 0. The third-order valence-electron chi connectivity index (χ3n) is 3.67. The van der Waals surface area contributed by atoms with Gasteiger partial charge in [0.1, 0.15) is 6.07 Å². The largest absolute Gasteiger partial charge is 0.368 e. The third-order valence-corrected chi connectivity index (χ3v) is 3.67. The van der Waals surface area contributed by atoms with Crippen LogP contribution in [-0.4, -0.2) is 44.2 Å². The van der Waals surface area contributed by atoms with Crippen LogP contribution in [0.5, 0.6) is 0 Å². The summed E-state index contributed by atoms with van der Waals surface area (Å²) in [5.74, 6) is 0. The molecule has 4 heteroatoms. The number of hydrogen-bond donors (Lipinski definition) is 1. The fourth-order valence-corrected chi connectivity index (χ4v) is 2.54. The SMILES string of the molecule is N#Cc1ccccc1N1CCN(CCCCN)CC1. The molecule has 0 spiro atoms. The lowest BCUT2D eigenvalue weighted by molar-refractivity contribution is 0.253. The normalized spacial score (nSPS) is 16.3. The zero-order chi connectivity index (χ0) is 13.5. The number of para-hydroxylation sites is 1. The molecule has 1 heterocycles.